The van der Waals surface area contributed by atoms with Crippen molar-refractivity contribution in [2.24, 2.45) is 0 Å². The first-order chi connectivity index (χ1) is 13.2. The van der Waals surface area contributed by atoms with Gasteiger partial charge in [-0.1, -0.05) is 35.4 Å². The largest absolute Gasteiger partial charge is 0.299 e. The molecule has 0 bridgehead atoms. The molecule has 5 rings (SSSR count). The van der Waals surface area contributed by atoms with Gasteiger partial charge in [0.15, 0.2) is 0 Å². The van der Waals surface area contributed by atoms with Crippen molar-refractivity contribution in [1.29, 1.82) is 0 Å². The molecule has 2 aromatic carbocycles. The van der Waals surface area contributed by atoms with E-state index in [2.05, 4.69) is 69.8 Å². The lowest BCUT2D eigenvalue weighted by Crippen LogP contribution is -2.03. The molecule has 2 aromatic heterocycles. The highest BCUT2D eigenvalue weighted by atomic mass is 15.4. The van der Waals surface area contributed by atoms with E-state index in [1.54, 1.807) is 0 Å². The molecule has 0 aliphatic carbocycles. The van der Waals surface area contributed by atoms with E-state index in [1.807, 2.05) is 35.4 Å². The van der Waals surface area contributed by atoms with Gasteiger partial charge in [0.2, 0.25) is 0 Å². The third kappa shape index (κ3) is 2.54. The maximum absolute atomic E-state index is 4.60. The van der Waals surface area contributed by atoms with Gasteiger partial charge in [-0.05, 0) is 49.1 Å². The molecule has 0 fully saturated rings. The normalized spacial score (nSPS) is 11.6. The van der Waals surface area contributed by atoms with Crippen molar-refractivity contribution in [3.05, 3.63) is 88.8 Å². The van der Waals surface area contributed by atoms with E-state index >= 15 is 0 Å². The zero-order valence-electron chi connectivity index (χ0n) is 15.1. The van der Waals surface area contributed by atoms with Gasteiger partial charge in [-0.15, -0.1) is 5.10 Å². The van der Waals surface area contributed by atoms with Crippen molar-refractivity contribution in [3.8, 4) is 23.2 Å². The lowest BCUT2D eigenvalue weighted by molar-refractivity contribution is 0.777. The Bertz CT molecular complexity index is 1230. The maximum atomic E-state index is 4.60. The van der Waals surface area contributed by atoms with E-state index in [-0.39, 0.29) is 0 Å². The molecule has 0 spiro atoms. The first-order valence-electron chi connectivity index (χ1n) is 8.85. The number of aromatic nitrogens is 5. The minimum Gasteiger partial charge on any atom is -0.299 e. The van der Waals surface area contributed by atoms with Crippen molar-refractivity contribution < 1.29 is 0 Å². The molecule has 0 saturated heterocycles. The van der Waals surface area contributed by atoms with Gasteiger partial charge in [0.05, 0.1) is 29.0 Å². The highest BCUT2D eigenvalue weighted by Gasteiger charge is 2.22. The minimum atomic E-state index is 0.679. The van der Waals surface area contributed by atoms with Crippen LogP contribution in [0.1, 0.15) is 33.8 Å². The van der Waals surface area contributed by atoms with Gasteiger partial charge < -0.3 is 0 Å². The molecule has 5 nitrogen and oxygen atoms in total. The number of benzene rings is 2. The quantitative estimate of drug-likeness (QED) is 0.402. The third-order valence-electron chi connectivity index (χ3n) is 4.91. The predicted octanol–water partition coefficient (Wildman–Crippen LogP) is 3.37. The molecule has 0 amide bonds. The van der Waals surface area contributed by atoms with E-state index < -0.39 is 0 Å². The van der Waals surface area contributed by atoms with Crippen LogP contribution in [-0.4, -0.2) is 24.5 Å². The van der Waals surface area contributed by atoms with E-state index in [0.29, 0.717) is 6.42 Å². The monoisotopic (exact) mass is 351 g/mol. The van der Waals surface area contributed by atoms with Crippen LogP contribution in [0.2, 0.25) is 0 Å². The second-order valence-corrected chi connectivity index (χ2v) is 6.78. The zero-order chi connectivity index (χ0) is 18.4. The van der Waals surface area contributed by atoms with Crippen molar-refractivity contribution in [2.45, 2.75) is 20.3 Å². The highest BCUT2D eigenvalue weighted by Crippen LogP contribution is 2.29. The molecule has 0 atom stereocenters. The van der Waals surface area contributed by atoms with Crippen molar-refractivity contribution >= 4 is 0 Å². The highest BCUT2D eigenvalue weighted by molar-refractivity contribution is 5.58. The SMILES string of the molecule is Cc1ccc2c(c1)-n1nncc1Cc1c(C#Cc3ccccc3C)ncn1-2. The number of hydrogen-bond donors (Lipinski definition) is 0. The lowest BCUT2D eigenvalue weighted by atomic mass is 10.1. The average Bonchev–Trinajstić information content (AvgIpc) is 3.26. The van der Waals surface area contributed by atoms with Crippen LogP contribution in [-0.2, 0) is 6.42 Å². The van der Waals surface area contributed by atoms with Gasteiger partial charge in [-0.3, -0.25) is 4.57 Å². The summed E-state index contributed by atoms with van der Waals surface area (Å²) >= 11 is 0. The molecule has 0 saturated carbocycles. The first kappa shape index (κ1) is 15.6. The molecule has 5 heteroatoms. The molecule has 130 valence electrons. The molecular weight excluding hydrogens is 334 g/mol. The summed E-state index contributed by atoms with van der Waals surface area (Å²) in [6.45, 7) is 4.15. The van der Waals surface area contributed by atoms with Gasteiger partial charge in [-0.2, -0.15) is 0 Å². The number of nitrogens with zero attached hydrogens (tertiary/aromatic N) is 5. The van der Waals surface area contributed by atoms with Crippen molar-refractivity contribution in [2.75, 3.05) is 0 Å². The summed E-state index contributed by atoms with van der Waals surface area (Å²) < 4.78 is 4.03. The molecular formula is C22H17N5. The summed E-state index contributed by atoms with van der Waals surface area (Å²) in [7, 11) is 0. The molecule has 0 N–H and O–H groups in total. The zero-order valence-corrected chi connectivity index (χ0v) is 15.1. The second kappa shape index (κ2) is 5.96. The fourth-order valence-corrected chi connectivity index (χ4v) is 3.45. The number of rotatable bonds is 0. The molecule has 27 heavy (non-hydrogen) atoms. The van der Waals surface area contributed by atoms with Gasteiger partial charge in [0.25, 0.3) is 0 Å². The number of imidazole rings is 1. The van der Waals surface area contributed by atoms with Gasteiger partial charge in [0, 0.05) is 12.0 Å². The summed E-state index contributed by atoms with van der Waals surface area (Å²) in [5, 5.41) is 8.41. The first-order valence-corrected chi connectivity index (χ1v) is 8.85. The standard InChI is InChI=1S/C22H17N5/c1-15-7-10-20-22(11-15)27-18(13-24-25-27)12-21-19(23-14-26(20)21)9-8-17-6-4-3-5-16(17)2/h3-7,10-11,13-14H,12H2,1-2H3. The van der Waals surface area contributed by atoms with Gasteiger partial charge in [0.1, 0.15) is 12.0 Å². The van der Waals surface area contributed by atoms with E-state index in [9.17, 15) is 0 Å². The van der Waals surface area contributed by atoms with E-state index in [0.717, 1.165) is 34.0 Å². The smallest absolute Gasteiger partial charge is 0.135 e. The Labute approximate surface area is 157 Å². The summed E-state index contributed by atoms with van der Waals surface area (Å²) in [5.74, 6) is 6.54. The van der Waals surface area contributed by atoms with Crippen LogP contribution in [0.3, 0.4) is 0 Å². The topological polar surface area (TPSA) is 48.5 Å². The molecule has 1 aliphatic heterocycles. The molecule has 0 unspecified atom stereocenters. The number of fused-ring (bicyclic) bond motifs is 5. The number of aryl methyl sites for hydroxylation is 2. The Kier molecular flexibility index (Phi) is 3.44. The average molecular weight is 351 g/mol. The van der Waals surface area contributed by atoms with Gasteiger partial charge >= 0.3 is 0 Å². The summed E-state index contributed by atoms with van der Waals surface area (Å²) in [4.78, 5) is 4.60. The second-order valence-electron chi connectivity index (χ2n) is 6.78. The van der Waals surface area contributed by atoms with Crippen LogP contribution >= 0.6 is 0 Å². The van der Waals surface area contributed by atoms with E-state index in [1.165, 1.54) is 11.1 Å². The minimum absolute atomic E-state index is 0.679. The van der Waals surface area contributed by atoms with Crippen molar-refractivity contribution in [3.63, 3.8) is 0 Å². The van der Waals surface area contributed by atoms with Crippen LogP contribution in [0.25, 0.3) is 11.4 Å². The van der Waals surface area contributed by atoms with Crippen LogP contribution in [0.4, 0.5) is 0 Å². The summed E-state index contributed by atoms with van der Waals surface area (Å²) in [6.07, 6.45) is 4.34. The fourth-order valence-electron chi connectivity index (χ4n) is 3.45. The van der Waals surface area contributed by atoms with Gasteiger partial charge in [-0.25, -0.2) is 9.67 Å². The third-order valence-corrected chi connectivity index (χ3v) is 4.91. The Morgan fingerprint density at radius 3 is 2.78 bits per heavy atom. The molecule has 4 aromatic rings. The summed E-state index contributed by atoms with van der Waals surface area (Å²) in [5.41, 5.74) is 8.29. The van der Waals surface area contributed by atoms with Crippen LogP contribution in [0, 0.1) is 25.7 Å². The fraction of sp³-hybridized carbons (Fsp3) is 0.136. The summed E-state index contributed by atoms with van der Waals surface area (Å²) in [6, 6.07) is 14.5. The Balaban J connectivity index is 1.69. The Morgan fingerprint density at radius 2 is 1.89 bits per heavy atom. The Morgan fingerprint density at radius 1 is 1.00 bits per heavy atom. The van der Waals surface area contributed by atoms with Crippen molar-refractivity contribution in [1.82, 2.24) is 24.5 Å². The van der Waals surface area contributed by atoms with Crippen LogP contribution in [0.15, 0.2) is 55.0 Å². The molecule has 3 heterocycles. The van der Waals surface area contributed by atoms with E-state index in [4.69, 9.17) is 0 Å². The molecule has 0 radical (unpaired) electrons. The molecule has 1 aliphatic rings. The van der Waals surface area contributed by atoms with Crippen LogP contribution < -0.4 is 0 Å². The lowest BCUT2D eigenvalue weighted by Gasteiger charge is -2.10. The number of hydrogen-bond acceptors (Lipinski definition) is 3. The predicted molar refractivity (Wildman–Crippen MR) is 103 cm³/mol. The van der Waals surface area contributed by atoms with Crippen LogP contribution in [0.5, 0.6) is 0 Å². The Hall–Kier alpha value is -3.65. The maximum Gasteiger partial charge on any atom is 0.135 e.